The summed E-state index contributed by atoms with van der Waals surface area (Å²) in [4.78, 5) is 14.3. The highest BCUT2D eigenvalue weighted by atomic mass is 79.9. The van der Waals surface area contributed by atoms with Gasteiger partial charge in [-0.2, -0.15) is 0 Å². The van der Waals surface area contributed by atoms with Crippen LogP contribution in [-0.2, 0) is 15.1 Å². The molecule has 0 unspecified atom stereocenters. The van der Waals surface area contributed by atoms with Crippen molar-refractivity contribution in [2.75, 3.05) is 6.73 Å². The van der Waals surface area contributed by atoms with Crippen LogP contribution in [0.3, 0.4) is 0 Å². The summed E-state index contributed by atoms with van der Waals surface area (Å²) in [7, 11) is 0. The molecule has 0 fully saturated rings. The van der Waals surface area contributed by atoms with Gasteiger partial charge in [-0.3, -0.25) is 9.69 Å². The first-order valence-electron chi connectivity index (χ1n) is 6.87. The van der Waals surface area contributed by atoms with Crippen molar-refractivity contribution in [2.24, 2.45) is 0 Å². The van der Waals surface area contributed by atoms with E-state index in [9.17, 15) is 4.79 Å². The molecule has 0 N–H and O–H groups in total. The van der Waals surface area contributed by atoms with Gasteiger partial charge in [-0.1, -0.05) is 37.3 Å². The number of rotatable bonds is 4. The molecule has 0 saturated heterocycles. The fraction of sp³-hybridized carbons (Fsp3) is 0.438. The number of carbonyl (C=O) groups excluding carboxylic acids is 1. The summed E-state index contributed by atoms with van der Waals surface area (Å²) in [6, 6.07) is 10.0. The summed E-state index contributed by atoms with van der Waals surface area (Å²) >= 11 is 3.39. The smallest absolute Gasteiger partial charge is 0.267 e. The standard InChI is InChI=1S/C16H20BrNO2/c1-4-8-13-14(17)15(19)18(11-20-13)16(2,3)12-9-6-5-7-10-12/h5-7,9-10H,4,8,11H2,1-3H3. The fourth-order valence-corrected chi connectivity index (χ4v) is 2.86. The highest BCUT2D eigenvalue weighted by Crippen LogP contribution is 2.34. The maximum absolute atomic E-state index is 12.6. The van der Waals surface area contributed by atoms with Crippen molar-refractivity contribution in [1.82, 2.24) is 4.90 Å². The van der Waals surface area contributed by atoms with Gasteiger partial charge in [0.25, 0.3) is 5.91 Å². The van der Waals surface area contributed by atoms with Crippen LogP contribution < -0.4 is 0 Å². The van der Waals surface area contributed by atoms with Crippen molar-refractivity contribution in [3.8, 4) is 0 Å². The Kier molecular flexibility index (Phi) is 4.53. The number of hydrogen-bond donors (Lipinski definition) is 0. The van der Waals surface area contributed by atoms with E-state index in [2.05, 4.69) is 22.9 Å². The van der Waals surface area contributed by atoms with E-state index >= 15 is 0 Å². The molecule has 1 aromatic rings. The number of halogens is 1. The summed E-state index contributed by atoms with van der Waals surface area (Å²) < 4.78 is 6.31. The van der Waals surface area contributed by atoms with Gasteiger partial charge < -0.3 is 4.74 Å². The lowest BCUT2D eigenvalue weighted by Gasteiger charge is -2.41. The van der Waals surface area contributed by atoms with Crippen molar-refractivity contribution in [1.29, 1.82) is 0 Å². The highest BCUT2D eigenvalue weighted by Gasteiger charge is 2.37. The molecule has 1 heterocycles. The van der Waals surface area contributed by atoms with E-state index in [0.717, 1.165) is 24.2 Å². The molecule has 1 aromatic carbocycles. The van der Waals surface area contributed by atoms with Crippen molar-refractivity contribution in [2.45, 2.75) is 39.2 Å². The Bertz CT molecular complexity index is 523. The van der Waals surface area contributed by atoms with Crippen LogP contribution in [0.15, 0.2) is 40.6 Å². The zero-order chi connectivity index (χ0) is 14.8. The lowest BCUT2D eigenvalue weighted by Crippen LogP contribution is -2.49. The van der Waals surface area contributed by atoms with E-state index in [1.54, 1.807) is 4.90 Å². The van der Waals surface area contributed by atoms with Crippen LogP contribution in [0, 0.1) is 0 Å². The normalized spacial score (nSPS) is 16.4. The first kappa shape index (κ1) is 15.1. The van der Waals surface area contributed by atoms with E-state index in [1.807, 2.05) is 44.2 Å². The SMILES string of the molecule is CCCC1=C(Br)C(=O)N(C(C)(C)c2ccccc2)CO1. The van der Waals surface area contributed by atoms with Gasteiger partial charge in [0.2, 0.25) is 0 Å². The second-order valence-electron chi connectivity index (χ2n) is 5.42. The van der Waals surface area contributed by atoms with Gasteiger partial charge in [0.05, 0.1) is 5.54 Å². The third kappa shape index (κ3) is 2.75. The van der Waals surface area contributed by atoms with Crippen molar-refractivity contribution in [3.63, 3.8) is 0 Å². The van der Waals surface area contributed by atoms with Gasteiger partial charge in [0, 0.05) is 6.42 Å². The minimum atomic E-state index is -0.408. The second kappa shape index (κ2) is 6.00. The molecule has 0 radical (unpaired) electrons. The molecular formula is C16H20BrNO2. The molecule has 1 amide bonds. The second-order valence-corrected chi connectivity index (χ2v) is 6.21. The lowest BCUT2D eigenvalue weighted by molar-refractivity contribution is -0.141. The quantitative estimate of drug-likeness (QED) is 0.826. The van der Waals surface area contributed by atoms with E-state index in [-0.39, 0.29) is 5.91 Å². The molecular weight excluding hydrogens is 318 g/mol. The lowest BCUT2D eigenvalue weighted by atomic mass is 9.92. The molecule has 4 heteroatoms. The number of nitrogens with zero attached hydrogens (tertiary/aromatic N) is 1. The van der Waals surface area contributed by atoms with Crippen LogP contribution >= 0.6 is 15.9 Å². The minimum absolute atomic E-state index is 0.00597. The Balaban J connectivity index is 2.29. The van der Waals surface area contributed by atoms with Crippen molar-refractivity contribution < 1.29 is 9.53 Å². The summed E-state index contributed by atoms with van der Waals surface area (Å²) in [5, 5.41) is 0. The van der Waals surface area contributed by atoms with Gasteiger partial charge in [-0.05, 0) is 41.8 Å². The van der Waals surface area contributed by atoms with Gasteiger partial charge in [0.15, 0.2) is 6.73 Å². The van der Waals surface area contributed by atoms with Crippen molar-refractivity contribution >= 4 is 21.8 Å². The molecule has 0 aromatic heterocycles. The zero-order valence-electron chi connectivity index (χ0n) is 12.1. The fourth-order valence-electron chi connectivity index (χ4n) is 2.33. The third-order valence-electron chi connectivity index (χ3n) is 3.68. The Morgan fingerprint density at radius 1 is 1.30 bits per heavy atom. The van der Waals surface area contributed by atoms with Gasteiger partial charge in [-0.15, -0.1) is 0 Å². The van der Waals surface area contributed by atoms with Crippen LogP contribution in [0.2, 0.25) is 0 Å². The molecule has 0 bridgehead atoms. The summed E-state index contributed by atoms with van der Waals surface area (Å²) in [5.41, 5.74) is 0.686. The molecule has 0 spiro atoms. The Labute approximate surface area is 128 Å². The van der Waals surface area contributed by atoms with Crippen LogP contribution in [0.25, 0.3) is 0 Å². The number of carbonyl (C=O) groups is 1. The Hall–Kier alpha value is -1.29. The summed E-state index contributed by atoms with van der Waals surface area (Å²) in [6.45, 7) is 6.44. The molecule has 108 valence electrons. The molecule has 20 heavy (non-hydrogen) atoms. The van der Waals surface area contributed by atoms with Gasteiger partial charge in [-0.25, -0.2) is 0 Å². The monoisotopic (exact) mass is 337 g/mol. The number of allylic oxidation sites excluding steroid dienone is 1. The highest BCUT2D eigenvalue weighted by molar-refractivity contribution is 9.12. The van der Waals surface area contributed by atoms with Crippen LogP contribution in [0.5, 0.6) is 0 Å². The van der Waals surface area contributed by atoms with E-state index in [1.165, 1.54) is 0 Å². The topological polar surface area (TPSA) is 29.5 Å². The van der Waals surface area contributed by atoms with Crippen LogP contribution in [0.1, 0.15) is 39.2 Å². The molecule has 1 aliphatic rings. The average molecular weight is 338 g/mol. The number of amides is 1. The first-order chi connectivity index (χ1) is 9.48. The van der Waals surface area contributed by atoms with Gasteiger partial charge >= 0.3 is 0 Å². The van der Waals surface area contributed by atoms with E-state index < -0.39 is 5.54 Å². The average Bonchev–Trinajstić information content (AvgIpc) is 2.45. The first-order valence-corrected chi connectivity index (χ1v) is 7.66. The number of ether oxygens (including phenoxy) is 1. The summed E-state index contributed by atoms with van der Waals surface area (Å²) in [5.74, 6) is 0.756. The summed E-state index contributed by atoms with van der Waals surface area (Å²) in [6.07, 6.45) is 1.74. The molecule has 0 saturated carbocycles. The number of hydrogen-bond acceptors (Lipinski definition) is 2. The maximum atomic E-state index is 12.6. The van der Waals surface area contributed by atoms with Crippen LogP contribution in [0.4, 0.5) is 0 Å². The third-order valence-corrected chi connectivity index (χ3v) is 4.46. The largest absolute Gasteiger partial charge is 0.476 e. The Morgan fingerprint density at radius 2 is 1.95 bits per heavy atom. The van der Waals surface area contributed by atoms with E-state index in [0.29, 0.717) is 11.2 Å². The predicted molar refractivity (Wildman–Crippen MR) is 83.1 cm³/mol. The van der Waals surface area contributed by atoms with Crippen LogP contribution in [-0.4, -0.2) is 17.5 Å². The number of benzene rings is 1. The zero-order valence-corrected chi connectivity index (χ0v) is 13.7. The van der Waals surface area contributed by atoms with Gasteiger partial charge in [0.1, 0.15) is 10.2 Å². The molecule has 2 rings (SSSR count). The molecule has 3 nitrogen and oxygen atoms in total. The molecule has 0 aliphatic carbocycles. The van der Waals surface area contributed by atoms with Crippen molar-refractivity contribution in [3.05, 3.63) is 46.1 Å². The Morgan fingerprint density at radius 3 is 2.55 bits per heavy atom. The minimum Gasteiger partial charge on any atom is -0.476 e. The van der Waals surface area contributed by atoms with E-state index in [4.69, 9.17) is 4.74 Å². The molecule has 0 atom stereocenters. The maximum Gasteiger partial charge on any atom is 0.267 e. The predicted octanol–water partition coefficient (Wildman–Crippen LogP) is 4.14. The molecule has 1 aliphatic heterocycles.